The van der Waals surface area contributed by atoms with Crippen molar-refractivity contribution in [3.05, 3.63) is 89.4 Å². The number of anilines is 2. The Balaban J connectivity index is 1.76. The van der Waals surface area contributed by atoms with Crippen LogP contribution in [0.15, 0.2) is 77.7 Å². The Morgan fingerprint density at radius 1 is 0.920 bits per heavy atom. The van der Waals surface area contributed by atoms with Gasteiger partial charge in [-0.25, -0.2) is 13.1 Å². The van der Waals surface area contributed by atoms with Gasteiger partial charge in [-0.1, -0.05) is 48.0 Å². The van der Waals surface area contributed by atoms with Crippen molar-refractivity contribution in [3.8, 4) is 0 Å². The molecule has 25 heavy (non-hydrogen) atoms. The van der Waals surface area contributed by atoms with Gasteiger partial charge in [0.2, 0.25) is 10.0 Å². The van der Waals surface area contributed by atoms with Crippen molar-refractivity contribution in [2.45, 2.75) is 11.4 Å². The molecule has 0 fully saturated rings. The van der Waals surface area contributed by atoms with Crippen LogP contribution in [0.3, 0.4) is 0 Å². The molecule has 0 unspecified atom stereocenters. The fourth-order valence-corrected chi connectivity index (χ4v) is 3.48. The van der Waals surface area contributed by atoms with Gasteiger partial charge in [0.1, 0.15) is 0 Å². The zero-order valence-corrected chi connectivity index (χ0v) is 14.8. The number of rotatable bonds is 6. The van der Waals surface area contributed by atoms with E-state index in [1.807, 2.05) is 36.4 Å². The highest BCUT2D eigenvalue weighted by molar-refractivity contribution is 7.89. The van der Waals surface area contributed by atoms with Crippen LogP contribution in [0.1, 0.15) is 5.56 Å². The van der Waals surface area contributed by atoms with Gasteiger partial charge >= 0.3 is 0 Å². The lowest BCUT2D eigenvalue weighted by Gasteiger charge is -2.10. The second-order valence-corrected chi connectivity index (χ2v) is 7.54. The highest BCUT2D eigenvalue weighted by atomic mass is 35.5. The van der Waals surface area contributed by atoms with Crippen LogP contribution in [-0.2, 0) is 16.6 Å². The Bertz CT molecular complexity index is 960. The molecule has 0 heterocycles. The number of benzene rings is 3. The van der Waals surface area contributed by atoms with Crippen LogP contribution in [0.4, 0.5) is 11.4 Å². The third-order valence-corrected chi connectivity index (χ3v) is 5.29. The van der Waals surface area contributed by atoms with E-state index in [4.69, 9.17) is 11.6 Å². The first-order chi connectivity index (χ1) is 12.0. The lowest BCUT2D eigenvalue weighted by Crippen LogP contribution is -2.23. The monoisotopic (exact) mass is 371 g/mol. The lowest BCUT2D eigenvalue weighted by atomic mass is 10.2. The summed E-state index contributed by atoms with van der Waals surface area (Å²) in [5.41, 5.74) is 2.23. The van der Waals surface area contributed by atoms with E-state index in [2.05, 4.69) is 16.1 Å². The lowest BCUT2D eigenvalue weighted by molar-refractivity contribution is 0.581. The third-order valence-electron chi connectivity index (χ3n) is 3.55. The van der Waals surface area contributed by atoms with Crippen molar-refractivity contribution in [2.75, 3.05) is 5.32 Å². The summed E-state index contributed by atoms with van der Waals surface area (Å²) >= 11 is 6.06. The van der Waals surface area contributed by atoms with Gasteiger partial charge in [0.05, 0.1) is 4.90 Å². The molecule has 4 nitrogen and oxygen atoms in total. The van der Waals surface area contributed by atoms with Crippen LogP contribution >= 0.6 is 11.6 Å². The second kappa shape index (κ2) is 7.70. The molecule has 6 heteroatoms. The summed E-state index contributed by atoms with van der Waals surface area (Å²) in [7, 11) is -3.67. The Morgan fingerprint density at radius 3 is 2.40 bits per heavy atom. The van der Waals surface area contributed by atoms with Gasteiger partial charge in [-0.15, -0.1) is 0 Å². The number of hydrogen-bond acceptors (Lipinski definition) is 3. The summed E-state index contributed by atoms with van der Waals surface area (Å²) in [6.07, 6.45) is 0. The molecule has 3 aromatic rings. The number of halogens is 1. The van der Waals surface area contributed by atoms with Crippen molar-refractivity contribution < 1.29 is 8.42 Å². The standard InChI is InChI=1S/C19H16ClN2O2S/c20-19-12-5-4-7-15(19)14-21-25(23,24)18-11-6-10-17(13-18)22-16-8-2-1-3-9-16/h1-5,7-13,21-22H,14H2. The Hall–Kier alpha value is -2.34. The van der Waals surface area contributed by atoms with Crippen LogP contribution in [0.5, 0.6) is 0 Å². The van der Waals surface area contributed by atoms with Gasteiger partial charge in [0.25, 0.3) is 0 Å². The van der Waals surface area contributed by atoms with Crippen molar-refractivity contribution in [3.63, 3.8) is 0 Å². The van der Waals surface area contributed by atoms with Gasteiger partial charge < -0.3 is 5.32 Å². The Kier molecular flexibility index (Phi) is 5.38. The molecule has 1 radical (unpaired) electrons. The highest BCUT2D eigenvalue weighted by Gasteiger charge is 2.15. The maximum absolute atomic E-state index is 12.5. The minimum atomic E-state index is -3.67. The van der Waals surface area contributed by atoms with Gasteiger partial charge in [0, 0.05) is 22.9 Å². The molecule has 0 aromatic heterocycles. The molecule has 0 atom stereocenters. The normalized spacial score (nSPS) is 11.2. The molecule has 0 spiro atoms. The average Bonchev–Trinajstić information content (AvgIpc) is 2.62. The maximum atomic E-state index is 12.5. The van der Waals surface area contributed by atoms with Crippen LogP contribution < -0.4 is 10.0 Å². The van der Waals surface area contributed by atoms with Crippen LogP contribution in [0, 0.1) is 6.07 Å². The van der Waals surface area contributed by atoms with E-state index in [1.54, 1.807) is 30.3 Å². The van der Waals surface area contributed by atoms with Gasteiger partial charge in [-0.05, 0) is 48.0 Å². The number of nitrogens with one attached hydrogen (secondary N) is 2. The van der Waals surface area contributed by atoms with Crippen molar-refractivity contribution >= 4 is 33.0 Å². The SMILES string of the molecule is O=S(=O)(NCc1ccccc1Cl)c1c[c]cc(Nc2ccccc2)c1. The third kappa shape index (κ3) is 4.60. The molecule has 0 bridgehead atoms. The first kappa shape index (κ1) is 17.5. The average molecular weight is 372 g/mol. The molecule has 0 saturated heterocycles. The summed E-state index contributed by atoms with van der Waals surface area (Å²) in [5.74, 6) is 0. The van der Waals surface area contributed by atoms with E-state index in [-0.39, 0.29) is 11.4 Å². The predicted molar refractivity (Wildman–Crippen MR) is 100 cm³/mol. The first-order valence-corrected chi connectivity index (χ1v) is 9.47. The smallest absolute Gasteiger partial charge is 0.240 e. The van der Waals surface area contributed by atoms with Gasteiger partial charge in [-0.2, -0.15) is 0 Å². The van der Waals surface area contributed by atoms with Gasteiger partial charge in [0.15, 0.2) is 0 Å². The molecule has 3 rings (SSSR count). The van der Waals surface area contributed by atoms with Crippen LogP contribution in [-0.4, -0.2) is 8.42 Å². The van der Waals surface area contributed by atoms with Crippen molar-refractivity contribution in [1.29, 1.82) is 0 Å². The highest BCUT2D eigenvalue weighted by Crippen LogP contribution is 2.20. The number of sulfonamides is 1. The van der Waals surface area contributed by atoms with E-state index in [0.717, 1.165) is 11.3 Å². The zero-order chi connectivity index (χ0) is 17.7. The minimum Gasteiger partial charge on any atom is -0.355 e. The molecular weight excluding hydrogens is 356 g/mol. The molecular formula is C19H16ClN2O2S. The van der Waals surface area contributed by atoms with E-state index in [0.29, 0.717) is 10.7 Å². The summed E-state index contributed by atoms with van der Waals surface area (Å²) in [6, 6.07) is 24.2. The Morgan fingerprint density at radius 2 is 1.64 bits per heavy atom. The van der Waals surface area contributed by atoms with E-state index in [9.17, 15) is 8.42 Å². The summed E-state index contributed by atoms with van der Waals surface area (Å²) in [6.45, 7) is 0.123. The molecule has 3 aromatic carbocycles. The van der Waals surface area contributed by atoms with Crippen molar-refractivity contribution in [1.82, 2.24) is 4.72 Å². The molecule has 0 aliphatic heterocycles. The fourth-order valence-electron chi connectivity index (χ4n) is 2.26. The van der Waals surface area contributed by atoms with E-state index in [1.165, 1.54) is 6.07 Å². The van der Waals surface area contributed by atoms with Crippen LogP contribution in [0.2, 0.25) is 5.02 Å². The number of para-hydroxylation sites is 1. The number of hydrogen-bond donors (Lipinski definition) is 2. The molecule has 0 amide bonds. The predicted octanol–water partition coefficient (Wildman–Crippen LogP) is 4.36. The molecule has 127 valence electrons. The van der Waals surface area contributed by atoms with E-state index >= 15 is 0 Å². The second-order valence-electron chi connectivity index (χ2n) is 5.36. The Labute approximate surface area is 152 Å². The molecule has 2 N–H and O–H groups in total. The largest absolute Gasteiger partial charge is 0.355 e. The maximum Gasteiger partial charge on any atom is 0.240 e. The van der Waals surface area contributed by atoms with Crippen LogP contribution in [0.25, 0.3) is 0 Å². The van der Waals surface area contributed by atoms with Gasteiger partial charge in [-0.3, -0.25) is 0 Å². The van der Waals surface area contributed by atoms with E-state index < -0.39 is 10.0 Å². The fraction of sp³-hybridized carbons (Fsp3) is 0.0526. The topological polar surface area (TPSA) is 58.2 Å². The quantitative estimate of drug-likeness (QED) is 0.676. The molecule has 0 saturated carbocycles. The van der Waals surface area contributed by atoms with Crippen molar-refractivity contribution in [2.24, 2.45) is 0 Å². The summed E-state index contributed by atoms with van der Waals surface area (Å²) in [5, 5.41) is 3.68. The zero-order valence-electron chi connectivity index (χ0n) is 13.2. The molecule has 0 aliphatic carbocycles. The summed E-state index contributed by atoms with van der Waals surface area (Å²) in [4.78, 5) is 0.139. The first-order valence-electron chi connectivity index (χ1n) is 7.61. The minimum absolute atomic E-state index is 0.123. The molecule has 0 aliphatic rings. The summed E-state index contributed by atoms with van der Waals surface area (Å²) < 4.78 is 27.6.